The van der Waals surface area contributed by atoms with Crippen molar-refractivity contribution < 1.29 is 19.0 Å². The minimum absolute atomic E-state index is 0.227. The fraction of sp³-hybridized carbons (Fsp3) is 0.346. The first kappa shape index (κ1) is 24.8. The highest BCUT2D eigenvalue weighted by Gasteiger charge is 2.16. The van der Waals surface area contributed by atoms with Crippen molar-refractivity contribution in [2.24, 2.45) is 12.0 Å². The predicted molar refractivity (Wildman–Crippen MR) is 131 cm³/mol. The number of benzene rings is 2. The first-order valence-corrected chi connectivity index (χ1v) is 11.0. The molecule has 0 amide bonds. The Balaban J connectivity index is 2.33. The number of aryl methyl sites for hydroxylation is 3. The van der Waals surface area contributed by atoms with Crippen molar-refractivity contribution in [3.8, 4) is 22.8 Å². The highest BCUT2D eigenvalue weighted by atomic mass is 16.5. The van der Waals surface area contributed by atoms with Crippen LogP contribution in [0, 0.1) is 20.8 Å². The van der Waals surface area contributed by atoms with Crippen LogP contribution in [0.2, 0.25) is 0 Å². The quantitative estimate of drug-likeness (QED) is 0.498. The Bertz CT molecular complexity index is 1330. The van der Waals surface area contributed by atoms with E-state index in [1.165, 1.54) is 9.13 Å². The van der Waals surface area contributed by atoms with Crippen LogP contribution in [0.25, 0.3) is 11.3 Å². The zero-order chi connectivity index (χ0) is 25.0. The Kier molecular flexibility index (Phi) is 7.61. The van der Waals surface area contributed by atoms with Crippen molar-refractivity contribution in [2.75, 3.05) is 20.8 Å². The monoisotopic (exact) mass is 465 g/mol. The highest BCUT2D eigenvalue weighted by molar-refractivity contribution is 5.71. The average Bonchev–Trinajstić information content (AvgIpc) is 2.80. The first-order chi connectivity index (χ1) is 16.2. The second-order valence-electron chi connectivity index (χ2n) is 8.05. The van der Waals surface area contributed by atoms with Gasteiger partial charge in [-0.15, -0.1) is 0 Å². The smallest absolute Gasteiger partial charge is 0.330 e. The first-order valence-electron chi connectivity index (χ1n) is 11.0. The number of ether oxygens (including phenoxy) is 3. The number of methoxy groups -OCH3 is 2. The molecule has 0 atom stereocenters. The number of nitrogens with zero attached hydrogens (tertiary/aromatic N) is 3. The van der Waals surface area contributed by atoms with E-state index in [2.05, 4.69) is 12.1 Å². The van der Waals surface area contributed by atoms with E-state index in [1.807, 2.05) is 26.8 Å². The number of hydrogen-bond donors (Lipinski definition) is 0. The average molecular weight is 466 g/mol. The predicted octanol–water partition coefficient (Wildman–Crippen LogP) is 3.59. The van der Waals surface area contributed by atoms with Crippen LogP contribution in [0.5, 0.6) is 11.5 Å². The summed E-state index contributed by atoms with van der Waals surface area (Å²) in [5, 5.41) is 0. The van der Waals surface area contributed by atoms with E-state index in [1.54, 1.807) is 46.4 Å². The van der Waals surface area contributed by atoms with Gasteiger partial charge in [-0.05, 0) is 57.0 Å². The Morgan fingerprint density at radius 1 is 0.971 bits per heavy atom. The van der Waals surface area contributed by atoms with Crippen molar-refractivity contribution in [3.05, 3.63) is 69.1 Å². The zero-order valence-corrected chi connectivity index (χ0v) is 20.8. The third-order valence-electron chi connectivity index (χ3n) is 5.55. The van der Waals surface area contributed by atoms with Crippen molar-refractivity contribution in [1.82, 2.24) is 9.13 Å². The fourth-order valence-corrected chi connectivity index (χ4v) is 3.97. The van der Waals surface area contributed by atoms with Gasteiger partial charge in [0.1, 0.15) is 12.0 Å². The molecule has 3 rings (SSSR count). The third kappa shape index (κ3) is 5.06. The van der Waals surface area contributed by atoms with Gasteiger partial charge in [-0.1, -0.05) is 17.7 Å². The summed E-state index contributed by atoms with van der Waals surface area (Å²) >= 11 is 0. The maximum absolute atomic E-state index is 13.4. The Hall–Kier alpha value is -3.81. The molecule has 3 aromatic rings. The maximum atomic E-state index is 13.4. The topological polar surface area (TPSA) is 84.0 Å². The second-order valence-corrected chi connectivity index (χ2v) is 8.05. The van der Waals surface area contributed by atoms with E-state index in [4.69, 9.17) is 19.2 Å². The molecule has 0 radical (unpaired) electrons. The van der Waals surface area contributed by atoms with Crippen molar-refractivity contribution in [3.63, 3.8) is 0 Å². The fourth-order valence-electron chi connectivity index (χ4n) is 3.97. The Morgan fingerprint density at radius 3 is 2.21 bits per heavy atom. The van der Waals surface area contributed by atoms with Crippen LogP contribution >= 0.6 is 0 Å². The van der Waals surface area contributed by atoms with Gasteiger partial charge in [-0.3, -0.25) is 13.9 Å². The summed E-state index contributed by atoms with van der Waals surface area (Å²) in [6, 6.07) is 11.2. The van der Waals surface area contributed by atoms with E-state index >= 15 is 0 Å². The number of hydrogen-bond acceptors (Lipinski definition) is 6. The van der Waals surface area contributed by atoms with Gasteiger partial charge in [0.25, 0.3) is 0 Å². The van der Waals surface area contributed by atoms with Crippen LogP contribution in [0.1, 0.15) is 23.6 Å². The van der Waals surface area contributed by atoms with Gasteiger partial charge in [0, 0.05) is 18.7 Å². The summed E-state index contributed by atoms with van der Waals surface area (Å²) in [4.78, 5) is 30.6. The molecule has 0 saturated carbocycles. The molecule has 0 bridgehead atoms. The van der Waals surface area contributed by atoms with E-state index in [0.29, 0.717) is 28.2 Å². The van der Waals surface area contributed by atoms with Gasteiger partial charge >= 0.3 is 11.7 Å². The van der Waals surface area contributed by atoms with Crippen LogP contribution in [0.4, 0.5) is 5.69 Å². The van der Waals surface area contributed by atoms with Crippen LogP contribution in [0.3, 0.4) is 0 Å². The maximum Gasteiger partial charge on any atom is 0.330 e. The van der Waals surface area contributed by atoms with Gasteiger partial charge in [0.15, 0.2) is 11.5 Å². The molecule has 1 heterocycles. The molecule has 1 aromatic heterocycles. The van der Waals surface area contributed by atoms with E-state index < -0.39 is 5.97 Å². The minimum atomic E-state index is -0.499. The molecule has 0 aliphatic carbocycles. The molecule has 8 nitrogen and oxygen atoms in total. The Labute approximate surface area is 199 Å². The molecule has 0 saturated heterocycles. The zero-order valence-electron chi connectivity index (χ0n) is 20.8. The van der Waals surface area contributed by atoms with Gasteiger partial charge in [-0.25, -0.2) is 9.79 Å². The highest BCUT2D eigenvalue weighted by Crippen LogP contribution is 2.32. The number of esters is 1. The van der Waals surface area contributed by atoms with Crippen molar-refractivity contribution >= 4 is 11.7 Å². The molecule has 0 N–H and O–H groups in total. The molecule has 0 spiro atoms. The van der Waals surface area contributed by atoms with Gasteiger partial charge in [-0.2, -0.15) is 0 Å². The standard InChI is InChI=1S/C26H31N3O5/c1-8-34-24(30)15-29-20(19-9-10-21(32-6)22(13-19)33-7)14-23(28(5)26(29)31)27-25-17(3)11-16(2)12-18(25)4/h9-14H,8,15H2,1-7H3/b27-23-. The van der Waals surface area contributed by atoms with E-state index in [0.717, 1.165) is 22.4 Å². The minimum Gasteiger partial charge on any atom is -0.493 e. The second kappa shape index (κ2) is 10.4. The lowest BCUT2D eigenvalue weighted by Crippen LogP contribution is -2.40. The van der Waals surface area contributed by atoms with Crippen LogP contribution in [-0.2, 0) is 23.1 Å². The molecule has 0 unspecified atom stereocenters. The van der Waals surface area contributed by atoms with Crippen LogP contribution in [0.15, 0.2) is 46.2 Å². The molecule has 0 aliphatic rings. The molecule has 180 valence electrons. The largest absolute Gasteiger partial charge is 0.493 e. The summed E-state index contributed by atoms with van der Waals surface area (Å²) in [5.74, 6) is 0.566. The van der Waals surface area contributed by atoms with E-state index in [9.17, 15) is 9.59 Å². The molecule has 2 aromatic carbocycles. The van der Waals surface area contributed by atoms with Crippen LogP contribution in [-0.4, -0.2) is 35.9 Å². The third-order valence-corrected chi connectivity index (χ3v) is 5.55. The lowest BCUT2D eigenvalue weighted by atomic mass is 10.1. The lowest BCUT2D eigenvalue weighted by molar-refractivity contribution is -0.143. The number of carbonyl (C=O) groups excluding carboxylic acids is 1. The SMILES string of the molecule is CCOC(=O)Cn1c(-c2ccc(OC)c(OC)c2)c/c(=N/c2c(C)cc(C)cc2C)n(C)c1=O. The van der Waals surface area contributed by atoms with E-state index in [-0.39, 0.29) is 18.8 Å². The summed E-state index contributed by atoms with van der Waals surface area (Å²) in [7, 11) is 4.74. The number of aromatic nitrogens is 2. The lowest BCUT2D eigenvalue weighted by Gasteiger charge is -2.16. The summed E-state index contributed by atoms with van der Waals surface area (Å²) in [6.45, 7) is 7.75. The van der Waals surface area contributed by atoms with Crippen LogP contribution < -0.4 is 20.7 Å². The van der Waals surface area contributed by atoms with Gasteiger partial charge < -0.3 is 14.2 Å². The molecule has 8 heteroatoms. The molecule has 0 aliphatic heterocycles. The number of carbonyl (C=O) groups is 1. The normalized spacial score (nSPS) is 11.4. The summed E-state index contributed by atoms with van der Waals surface area (Å²) in [6.07, 6.45) is 0. The number of rotatable bonds is 7. The van der Waals surface area contributed by atoms with Gasteiger partial charge in [0.05, 0.1) is 32.2 Å². The van der Waals surface area contributed by atoms with Crippen molar-refractivity contribution in [1.29, 1.82) is 0 Å². The molecule has 34 heavy (non-hydrogen) atoms. The molecular formula is C26H31N3O5. The van der Waals surface area contributed by atoms with Crippen molar-refractivity contribution in [2.45, 2.75) is 34.2 Å². The summed E-state index contributed by atoms with van der Waals surface area (Å²) in [5.41, 5.74) is 5.25. The summed E-state index contributed by atoms with van der Waals surface area (Å²) < 4.78 is 18.7. The molecule has 0 fully saturated rings. The molecular weight excluding hydrogens is 434 g/mol. The Morgan fingerprint density at radius 2 is 1.62 bits per heavy atom. The van der Waals surface area contributed by atoms with Gasteiger partial charge in [0.2, 0.25) is 0 Å².